The van der Waals surface area contributed by atoms with Gasteiger partial charge >= 0.3 is 0 Å². The monoisotopic (exact) mass is 491 g/mol. The Bertz CT molecular complexity index is 1170. The Balaban J connectivity index is 1.88. The predicted octanol–water partition coefficient (Wildman–Crippen LogP) is 2.82. The number of carbonyl (C=O) groups excluding carboxylic acids is 3. The SMILES string of the molecule is CC[C@H](C)NC(=O)[C@H](C)N(Cc1ccc(Cl)cc1)C(=O)CN1C(=O)c2ccccc2S1(=O)=O. The highest BCUT2D eigenvalue weighted by atomic mass is 35.5. The minimum absolute atomic E-state index is 0.0251. The van der Waals surface area contributed by atoms with Gasteiger partial charge in [0.05, 0.1) is 5.56 Å². The number of halogens is 1. The molecule has 2 atom stereocenters. The van der Waals surface area contributed by atoms with E-state index in [0.717, 1.165) is 0 Å². The molecule has 33 heavy (non-hydrogen) atoms. The van der Waals surface area contributed by atoms with Crippen molar-refractivity contribution in [1.82, 2.24) is 14.5 Å². The third-order valence-corrected chi connectivity index (χ3v) is 7.66. The fourth-order valence-electron chi connectivity index (χ4n) is 3.44. The first-order valence-electron chi connectivity index (χ1n) is 10.6. The van der Waals surface area contributed by atoms with E-state index in [4.69, 9.17) is 11.6 Å². The van der Waals surface area contributed by atoms with E-state index < -0.39 is 34.4 Å². The number of amides is 3. The molecule has 2 aromatic carbocycles. The smallest absolute Gasteiger partial charge is 0.269 e. The van der Waals surface area contributed by atoms with Gasteiger partial charge in [0.1, 0.15) is 17.5 Å². The maximum Gasteiger partial charge on any atom is 0.269 e. The van der Waals surface area contributed by atoms with E-state index in [1.165, 1.54) is 23.1 Å². The summed E-state index contributed by atoms with van der Waals surface area (Å²) in [5.41, 5.74) is 0.729. The first kappa shape index (κ1) is 24.7. The highest BCUT2D eigenvalue weighted by Crippen LogP contribution is 2.30. The van der Waals surface area contributed by atoms with Gasteiger partial charge in [-0.3, -0.25) is 14.4 Å². The summed E-state index contributed by atoms with van der Waals surface area (Å²) in [5, 5.41) is 3.36. The molecule has 0 saturated carbocycles. The predicted molar refractivity (Wildman–Crippen MR) is 124 cm³/mol. The van der Waals surface area contributed by atoms with Gasteiger partial charge < -0.3 is 10.2 Å². The standard InChI is InChI=1S/C23H26ClN3O5S/c1-4-15(2)25-22(29)16(3)26(13-17-9-11-18(24)12-10-17)21(28)14-27-23(30)19-7-5-6-8-20(19)33(27,31)32/h5-12,15-16H,4,13-14H2,1-3H3,(H,25,29)/t15-,16-/m0/s1. The molecule has 0 fully saturated rings. The average Bonchev–Trinajstić information content (AvgIpc) is 2.98. The van der Waals surface area contributed by atoms with Crippen LogP contribution in [-0.4, -0.2) is 54.0 Å². The van der Waals surface area contributed by atoms with Crippen LogP contribution in [0.5, 0.6) is 0 Å². The maximum absolute atomic E-state index is 13.3. The molecule has 0 bridgehead atoms. The van der Waals surface area contributed by atoms with Gasteiger partial charge in [-0.05, 0) is 50.1 Å². The zero-order valence-electron chi connectivity index (χ0n) is 18.6. The summed E-state index contributed by atoms with van der Waals surface area (Å²) in [6, 6.07) is 11.6. The van der Waals surface area contributed by atoms with Crippen LogP contribution in [0, 0.1) is 0 Å². The Labute approximate surface area is 198 Å². The van der Waals surface area contributed by atoms with Gasteiger partial charge in [-0.25, -0.2) is 12.7 Å². The summed E-state index contributed by atoms with van der Waals surface area (Å²) in [4.78, 5) is 40.0. The fraction of sp³-hybridized carbons (Fsp3) is 0.348. The van der Waals surface area contributed by atoms with Crippen LogP contribution in [-0.2, 0) is 26.2 Å². The second-order valence-corrected chi connectivity index (χ2v) is 10.2. The zero-order chi connectivity index (χ0) is 24.3. The average molecular weight is 492 g/mol. The Morgan fingerprint density at radius 1 is 1.09 bits per heavy atom. The third kappa shape index (κ3) is 5.20. The van der Waals surface area contributed by atoms with Crippen molar-refractivity contribution in [3.05, 3.63) is 64.7 Å². The molecule has 1 aliphatic heterocycles. The molecule has 0 spiro atoms. The van der Waals surface area contributed by atoms with Gasteiger partial charge in [0.15, 0.2) is 0 Å². The molecular weight excluding hydrogens is 466 g/mol. The van der Waals surface area contributed by atoms with Crippen molar-refractivity contribution in [2.45, 2.75) is 50.7 Å². The molecule has 1 aliphatic rings. The first-order chi connectivity index (χ1) is 15.6. The van der Waals surface area contributed by atoms with Crippen molar-refractivity contribution in [3.8, 4) is 0 Å². The maximum atomic E-state index is 13.3. The lowest BCUT2D eigenvalue weighted by atomic mass is 10.1. The molecule has 0 saturated heterocycles. The number of nitrogens with zero attached hydrogens (tertiary/aromatic N) is 2. The minimum atomic E-state index is -4.15. The third-order valence-electron chi connectivity index (χ3n) is 5.63. The molecular formula is C23H26ClN3O5S. The van der Waals surface area contributed by atoms with E-state index in [-0.39, 0.29) is 29.0 Å². The summed E-state index contributed by atoms with van der Waals surface area (Å²) in [6.07, 6.45) is 0.711. The minimum Gasteiger partial charge on any atom is -0.352 e. The largest absolute Gasteiger partial charge is 0.352 e. The molecule has 0 radical (unpaired) electrons. The Morgan fingerprint density at radius 2 is 1.73 bits per heavy atom. The Kier molecular flexibility index (Phi) is 7.44. The van der Waals surface area contributed by atoms with E-state index in [9.17, 15) is 22.8 Å². The van der Waals surface area contributed by atoms with Crippen molar-refractivity contribution in [2.75, 3.05) is 6.54 Å². The quantitative estimate of drug-likeness (QED) is 0.611. The molecule has 8 nitrogen and oxygen atoms in total. The van der Waals surface area contributed by atoms with Crippen LogP contribution in [0.15, 0.2) is 53.4 Å². The van der Waals surface area contributed by atoms with Crippen molar-refractivity contribution < 1.29 is 22.8 Å². The molecule has 176 valence electrons. The number of sulfonamides is 1. The van der Waals surface area contributed by atoms with Gasteiger partial charge in [-0.1, -0.05) is 42.8 Å². The topological polar surface area (TPSA) is 104 Å². The summed E-state index contributed by atoms with van der Waals surface area (Å²) < 4.78 is 26.3. The van der Waals surface area contributed by atoms with Crippen LogP contribution in [0.1, 0.15) is 43.1 Å². The van der Waals surface area contributed by atoms with Crippen LogP contribution >= 0.6 is 11.6 Å². The lowest BCUT2D eigenvalue weighted by molar-refractivity contribution is -0.140. The lowest BCUT2D eigenvalue weighted by Crippen LogP contribution is -2.52. The normalized spacial score (nSPS) is 16.1. The Hall–Kier alpha value is -2.91. The first-order valence-corrected chi connectivity index (χ1v) is 12.4. The molecule has 1 N–H and O–H groups in total. The van der Waals surface area contributed by atoms with Crippen molar-refractivity contribution in [2.24, 2.45) is 0 Å². The summed E-state index contributed by atoms with van der Waals surface area (Å²) in [7, 11) is -4.15. The second kappa shape index (κ2) is 9.93. The number of rotatable bonds is 8. The van der Waals surface area contributed by atoms with Crippen molar-refractivity contribution >= 4 is 39.3 Å². The Morgan fingerprint density at radius 3 is 2.33 bits per heavy atom. The number of hydrogen-bond donors (Lipinski definition) is 1. The highest BCUT2D eigenvalue weighted by molar-refractivity contribution is 7.90. The zero-order valence-corrected chi connectivity index (χ0v) is 20.2. The second-order valence-electron chi connectivity index (χ2n) is 7.95. The molecule has 10 heteroatoms. The number of carbonyl (C=O) groups is 3. The van der Waals surface area contributed by atoms with Crippen molar-refractivity contribution in [3.63, 3.8) is 0 Å². The van der Waals surface area contributed by atoms with E-state index in [1.54, 1.807) is 37.3 Å². The van der Waals surface area contributed by atoms with Crippen LogP contribution < -0.4 is 5.32 Å². The van der Waals surface area contributed by atoms with Gasteiger partial charge in [-0.2, -0.15) is 0 Å². The van der Waals surface area contributed by atoms with Gasteiger partial charge in [0, 0.05) is 17.6 Å². The van der Waals surface area contributed by atoms with E-state index in [2.05, 4.69) is 5.32 Å². The van der Waals surface area contributed by atoms with Gasteiger partial charge in [0.25, 0.3) is 15.9 Å². The summed E-state index contributed by atoms with van der Waals surface area (Å²) >= 11 is 5.95. The highest BCUT2D eigenvalue weighted by Gasteiger charge is 2.43. The molecule has 1 heterocycles. The molecule has 3 rings (SSSR count). The van der Waals surface area contributed by atoms with Gasteiger partial charge in [-0.15, -0.1) is 0 Å². The number of benzene rings is 2. The van der Waals surface area contributed by atoms with Gasteiger partial charge in [0.2, 0.25) is 11.8 Å². The van der Waals surface area contributed by atoms with E-state index in [1.807, 2.05) is 13.8 Å². The van der Waals surface area contributed by atoms with Crippen LogP contribution in [0.25, 0.3) is 0 Å². The lowest BCUT2D eigenvalue weighted by Gasteiger charge is -2.30. The summed E-state index contributed by atoms with van der Waals surface area (Å²) in [5.74, 6) is -1.80. The van der Waals surface area contributed by atoms with Crippen LogP contribution in [0.2, 0.25) is 5.02 Å². The molecule has 0 aromatic heterocycles. The van der Waals surface area contributed by atoms with E-state index in [0.29, 0.717) is 21.3 Å². The van der Waals surface area contributed by atoms with E-state index >= 15 is 0 Å². The van der Waals surface area contributed by atoms with Crippen LogP contribution in [0.4, 0.5) is 0 Å². The number of nitrogens with one attached hydrogen (secondary N) is 1. The number of hydrogen-bond acceptors (Lipinski definition) is 5. The van der Waals surface area contributed by atoms with Crippen LogP contribution in [0.3, 0.4) is 0 Å². The number of fused-ring (bicyclic) bond motifs is 1. The molecule has 0 unspecified atom stereocenters. The molecule has 0 aliphatic carbocycles. The van der Waals surface area contributed by atoms with Crippen molar-refractivity contribution in [1.29, 1.82) is 0 Å². The molecule has 2 aromatic rings. The fourth-order valence-corrected chi connectivity index (χ4v) is 5.08. The molecule has 3 amide bonds. The summed E-state index contributed by atoms with van der Waals surface area (Å²) in [6.45, 7) is 4.68.